The van der Waals surface area contributed by atoms with Gasteiger partial charge in [-0.3, -0.25) is 4.98 Å². The fraction of sp³-hybridized carbons (Fsp3) is 0.182. The Morgan fingerprint density at radius 2 is 1.77 bits per heavy atom. The van der Waals surface area contributed by atoms with Gasteiger partial charge in [0, 0.05) is 35.2 Å². The highest BCUT2D eigenvalue weighted by Gasteiger charge is 2.35. The number of nitrogens with zero attached hydrogens (tertiary/aromatic N) is 3. The summed E-state index contributed by atoms with van der Waals surface area (Å²) in [6.45, 7) is 0. The van der Waals surface area contributed by atoms with Gasteiger partial charge >= 0.3 is 11.3 Å². The molecule has 0 aliphatic carbocycles. The number of halogens is 5. The van der Waals surface area contributed by atoms with E-state index in [-0.39, 0.29) is 21.4 Å². The summed E-state index contributed by atoms with van der Waals surface area (Å²) < 4.78 is 50.0. The van der Waals surface area contributed by atoms with E-state index in [1.54, 1.807) is 0 Å². The average molecular weight is 372 g/mol. The van der Waals surface area contributed by atoms with Crippen molar-refractivity contribution in [2.24, 2.45) is 0 Å². The molecule has 2 aromatic rings. The van der Waals surface area contributed by atoms with E-state index in [4.69, 9.17) is 23.2 Å². The smallest absolute Gasteiger partial charge is 0.433 e. The second-order valence-electron chi connectivity index (χ2n) is 3.96. The Kier molecular flexibility index (Phi) is 5.00. The molecule has 22 heavy (non-hydrogen) atoms. The summed E-state index contributed by atoms with van der Waals surface area (Å²) in [5, 5.41) is 8.78. The standard InChI is InChI=1S/C11H6Cl2F3N3O2S/c12-6-2-17-3-7(13)5(6)4-22(21)10-18-8(11(14,15)16)1-9(20)19-10/h1-3H,4H2,(H,18,19,20). The summed E-state index contributed by atoms with van der Waals surface area (Å²) in [4.78, 5) is 10.2. The van der Waals surface area contributed by atoms with Crippen LogP contribution in [0.2, 0.25) is 10.0 Å². The Labute approximate surface area is 135 Å². The number of aromatic hydroxyl groups is 1. The number of aromatic nitrogens is 3. The highest BCUT2D eigenvalue weighted by atomic mass is 35.5. The van der Waals surface area contributed by atoms with Crippen molar-refractivity contribution in [2.75, 3.05) is 0 Å². The van der Waals surface area contributed by atoms with E-state index in [1.807, 2.05) is 0 Å². The SMILES string of the molecule is [O-][S+](Cc1c(Cl)cncc1Cl)c1nc(O)cc(C(F)(F)F)n1. The molecule has 1 N–H and O–H groups in total. The molecule has 1 unspecified atom stereocenters. The van der Waals surface area contributed by atoms with Gasteiger partial charge in [0.2, 0.25) is 5.88 Å². The van der Waals surface area contributed by atoms with Crippen LogP contribution in [0, 0.1) is 0 Å². The van der Waals surface area contributed by atoms with Crippen LogP contribution < -0.4 is 0 Å². The molecule has 2 heterocycles. The van der Waals surface area contributed by atoms with E-state index in [9.17, 15) is 22.8 Å². The van der Waals surface area contributed by atoms with Gasteiger partial charge in [-0.25, -0.2) is 0 Å². The third kappa shape index (κ3) is 3.92. The van der Waals surface area contributed by atoms with Crippen molar-refractivity contribution in [1.29, 1.82) is 0 Å². The van der Waals surface area contributed by atoms with E-state index in [1.165, 1.54) is 12.4 Å². The van der Waals surface area contributed by atoms with Crippen molar-refractivity contribution in [3.8, 4) is 5.88 Å². The molecule has 0 spiro atoms. The Hall–Kier alpha value is -1.29. The molecular weight excluding hydrogens is 366 g/mol. The molecule has 0 saturated carbocycles. The highest BCUT2D eigenvalue weighted by Crippen LogP contribution is 2.31. The lowest BCUT2D eigenvalue weighted by molar-refractivity contribution is -0.141. The van der Waals surface area contributed by atoms with E-state index in [2.05, 4.69) is 15.0 Å². The first-order valence-corrected chi connectivity index (χ1v) is 7.57. The molecule has 0 radical (unpaired) electrons. The molecule has 11 heteroatoms. The molecule has 0 aromatic carbocycles. The molecule has 0 fully saturated rings. The fourth-order valence-corrected chi connectivity index (χ4v) is 3.19. The average Bonchev–Trinajstić information content (AvgIpc) is 2.41. The van der Waals surface area contributed by atoms with Gasteiger partial charge in [0.1, 0.15) is 5.75 Å². The minimum atomic E-state index is -4.80. The molecule has 0 aliphatic rings. The van der Waals surface area contributed by atoms with Gasteiger partial charge in [-0.15, -0.1) is 4.98 Å². The zero-order chi connectivity index (χ0) is 16.5. The summed E-state index contributed by atoms with van der Waals surface area (Å²) in [6.07, 6.45) is -2.29. The largest absolute Gasteiger partial charge is 0.609 e. The summed E-state index contributed by atoms with van der Waals surface area (Å²) in [6, 6.07) is 0.340. The van der Waals surface area contributed by atoms with E-state index in [0.717, 1.165) is 0 Å². The van der Waals surface area contributed by atoms with Crippen molar-refractivity contribution in [3.63, 3.8) is 0 Å². The van der Waals surface area contributed by atoms with Crippen LogP contribution in [0.5, 0.6) is 5.88 Å². The van der Waals surface area contributed by atoms with E-state index >= 15 is 0 Å². The predicted octanol–water partition coefficient (Wildman–Crippen LogP) is 3.21. The quantitative estimate of drug-likeness (QED) is 0.661. The number of hydrogen-bond donors (Lipinski definition) is 1. The van der Waals surface area contributed by atoms with Crippen molar-refractivity contribution in [2.45, 2.75) is 17.1 Å². The molecule has 5 nitrogen and oxygen atoms in total. The van der Waals surface area contributed by atoms with Gasteiger partial charge in [0.15, 0.2) is 5.69 Å². The third-order valence-corrected chi connectivity index (χ3v) is 4.21. The summed E-state index contributed by atoms with van der Waals surface area (Å²) >= 11 is 9.60. The van der Waals surface area contributed by atoms with Crippen LogP contribution in [-0.2, 0) is 23.1 Å². The van der Waals surface area contributed by atoms with Crippen molar-refractivity contribution in [1.82, 2.24) is 15.0 Å². The molecule has 118 valence electrons. The molecule has 0 saturated heterocycles. The summed E-state index contributed by atoms with van der Waals surface area (Å²) in [5.74, 6) is -1.25. The van der Waals surface area contributed by atoms with Crippen LogP contribution in [-0.4, -0.2) is 24.6 Å². The van der Waals surface area contributed by atoms with Gasteiger partial charge in [-0.05, 0) is 0 Å². The molecule has 2 aromatic heterocycles. The first-order valence-electron chi connectivity index (χ1n) is 5.50. The second-order valence-corrected chi connectivity index (χ2v) is 6.12. The lowest BCUT2D eigenvalue weighted by Crippen LogP contribution is -2.15. The predicted molar refractivity (Wildman–Crippen MR) is 73.1 cm³/mol. The molecular formula is C11H6Cl2F3N3O2S. The molecule has 2 rings (SSSR count). The zero-order valence-corrected chi connectivity index (χ0v) is 12.8. The minimum Gasteiger partial charge on any atom is -0.609 e. The molecule has 0 bridgehead atoms. The Bertz CT molecular complexity index is 683. The normalized spacial score (nSPS) is 13.2. The Morgan fingerprint density at radius 1 is 1.18 bits per heavy atom. The van der Waals surface area contributed by atoms with Gasteiger partial charge in [0.05, 0.1) is 10.0 Å². The van der Waals surface area contributed by atoms with E-state index in [0.29, 0.717) is 6.07 Å². The van der Waals surface area contributed by atoms with Crippen molar-refractivity contribution in [3.05, 3.63) is 39.8 Å². The Morgan fingerprint density at radius 3 is 2.32 bits per heavy atom. The van der Waals surface area contributed by atoms with Crippen LogP contribution in [0.4, 0.5) is 13.2 Å². The summed E-state index contributed by atoms with van der Waals surface area (Å²) in [5.41, 5.74) is -1.16. The third-order valence-electron chi connectivity index (χ3n) is 2.41. The number of rotatable bonds is 3. The molecule has 0 amide bonds. The van der Waals surface area contributed by atoms with Crippen LogP contribution in [0.3, 0.4) is 0 Å². The van der Waals surface area contributed by atoms with Gasteiger partial charge < -0.3 is 9.66 Å². The molecule has 1 atom stereocenters. The summed E-state index contributed by atoms with van der Waals surface area (Å²) in [7, 11) is 0. The topological polar surface area (TPSA) is 82.0 Å². The number of hydrogen-bond acceptors (Lipinski definition) is 5. The van der Waals surface area contributed by atoms with Crippen LogP contribution in [0.25, 0.3) is 0 Å². The maximum Gasteiger partial charge on any atom is 0.433 e. The van der Waals surface area contributed by atoms with Crippen LogP contribution in [0.15, 0.2) is 23.6 Å². The molecule has 0 aliphatic heterocycles. The zero-order valence-electron chi connectivity index (χ0n) is 10.4. The van der Waals surface area contributed by atoms with Gasteiger partial charge in [-0.2, -0.15) is 18.2 Å². The van der Waals surface area contributed by atoms with Crippen LogP contribution in [0.1, 0.15) is 11.3 Å². The number of alkyl halides is 3. The first kappa shape index (κ1) is 17.1. The monoisotopic (exact) mass is 371 g/mol. The highest BCUT2D eigenvalue weighted by molar-refractivity contribution is 7.90. The minimum absolute atomic E-state index is 0.108. The maximum absolute atomic E-state index is 12.6. The van der Waals surface area contributed by atoms with Gasteiger partial charge in [0.25, 0.3) is 0 Å². The van der Waals surface area contributed by atoms with Crippen molar-refractivity contribution < 1.29 is 22.8 Å². The Balaban J connectivity index is 2.34. The van der Waals surface area contributed by atoms with Crippen molar-refractivity contribution >= 4 is 34.4 Å². The maximum atomic E-state index is 12.6. The van der Waals surface area contributed by atoms with E-state index < -0.39 is 34.1 Å². The fourth-order valence-electron chi connectivity index (χ4n) is 1.43. The number of pyridine rings is 1. The lowest BCUT2D eigenvalue weighted by atomic mass is 10.3. The lowest BCUT2D eigenvalue weighted by Gasteiger charge is -2.12. The first-order chi connectivity index (χ1) is 10.2. The second kappa shape index (κ2) is 6.45. The van der Waals surface area contributed by atoms with Gasteiger partial charge in [-0.1, -0.05) is 23.2 Å². The van der Waals surface area contributed by atoms with Crippen LogP contribution >= 0.6 is 23.2 Å².